The molecule has 0 aliphatic heterocycles. The van der Waals surface area contributed by atoms with Crippen molar-refractivity contribution < 1.29 is 18.7 Å². The van der Waals surface area contributed by atoms with Crippen molar-refractivity contribution in [3.8, 4) is 33.8 Å². The molecular weight excluding hydrogens is 402 g/mol. The Morgan fingerprint density at radius 2 is 2.10 bits per heavy atom. The lowest BCUT2D eigenvalue weighted by atomic mass is 10.0. The molecule has 148 valence electrons. The number of furan rings is 1. The van der Waals surface area contributed by atoms with Crippen LogP contribution >= 0.6 is 11.3 Å². The summed E-state index contributed by atoms with van der Waals surface area (Å²) in [7, 11) is 1.33. The Morgan fingerprint density at radius 3 is 2.73 bits per heavy atom. The summed E-state index contributed by atoms with van der Waals surface area (Å²) < 4.78 is 15.8. The van der Waals surface area contributed by atoms with E-state index in [1.54, 1.807) is 55.1 Å². The normalized spacial score (nSPS) is 10.4. The summed E-state index contributed by atoms with van der Waals surface area (Å²) in [6.45, 7) is 0.176. The molecule has 3 aromatic heterocycles. The van der Waals surface area contributed by atoms with Crippen molar-refractivity contribution >= 4 is 17.3 Å². The van der Waals surface area contributed by atoms with E-state index in [1.165, 1.54) is 18.4 Å². The number of carbonyl (C=O) groups is 1. The molecule has 0 amide bonds. The highest BCUT2D eigenvalue weighted by atomic mass is 32.1. The first-order chi connectivity index (χ1) is 14.7. The van der Waals surface area contributed by atoms with Crippen LogP contribution in [0.1, 0.15) is 21.5 Å². The van der Waals surface area contributed by atoms with Crippen LogP contribution in [0.25, 0.3) is 21.8 Å². The number of nitriles is 1. The average molecular weight is 417 g/mol. The van der Waals surface area contributed by atoms with E-state index in [0.29, 0.717) is 22.4 Å². The van der Waals surface area contributed by atoms with E-state index in [1.807, 2.05) is 5.38 Å². The van der Waals surface area contributed by atoms with Gasteiger partial charge in [-0.3, -0.25) is 0 Å². The van der Waals surface area contributed by atoms with Gasteiger partial charge in [-0.2, -0.15) is 5.26 Å². The molecule has 0 radical (unpaired) electrons. The van der Waals surface area contributed by atoms with Crippen LogP contribution < -0.4 is 4.74 Å². The van der Waals surface area contributed by atoms with Crippen LogP contribution in [0.15, 0.2) is 64.9 Å². The van der Waals surface area contributed by atoms with E-state index in [-0.39, 0.29) is 12.5 Å². The minimum absolute atomic E-state index is 0.176. The highest BCUT2D eigenvalue weighted by molar-refractivity contribution is 7.13. The molecule has 1 aromatic carbocycles. The minimum atomic E-state index is -0.406. The number of hydrogen-bond donors (Lipinski definition) is 0. The van der Waals surface area contributed by atoms with Crippen LogP contribution in [0.4, 0.5) is 0 Å². The molecule has 0 spiro atoms. The highest BCUT2D eigenvalue weighted by Crippen LogP contribution is 2.34. The SMILES string of the molecule is COC(=O)c1ccc(COc2nc(-c3nccs3)cc(-c3ccoc3)c2C#N)cc1. The molecule has 0 atom stereocenters. The molecule has 8 heteroatoms. The number of nitrogens with zero attached hydrogens (tertiary/aromatic N) is 3. The van der Waals surface area contributed by atoms with E-state index in [0.717, 1.165) is 16.1 Å². The zero-order valence-electron chi connectivity index (χ0n) is 15.9. The smallest absolute Gasteiger partial charge is 0.337 e. The third-order valence-electron chi connectivity index (χ3n) is 4.33. The van der Waals surface area contributed by atoms with Crippen molar-refractivity contribution in [3.63, 3.8) is 0 Å². The lowest BCUT2D eigenvalue weighted by Crippen LogP contribution is -2.04. The Balaban J connectivity index is 1.68. The third-order valence-corrected chi connectivity index (χ3v) is 5.13. The van der Waals surface area contributed by atoms with E-state index in [9.17, 15) is 10.1 Å². The Bertz CT molecular complexity index is 1190. The summed E-state index contributed by atoms with van der Waals surface area (Å²) in [5.41, 5.74) is 3.59. The van der Waals surface area contributed by atoms with Crippen molar-refractivity contribution in [1.29, 1.82) is 5.26 Å². The number of aromatic nitrogens is 2. The van der Waals surface area contributed by atoms with Crippen LogP contribution in [0, 0.1) is 11.3 Å². The summed E-state index contributed by atoms with van der Waals surface area (Å²) in [5, 5.41) is 12.4. The number of carbonyl (C=O) groups excluding carboxylic acids is 1. The molecule has 0 N–H and O–H groups in total. The van der Waals surface area contributed by atoms with Crippen LogP contribution in [0.3, 0.4) is 0 Å². The number of rotatable bonds is 6. The summed E-state index contributed by atoms with van der Waals surface area (Å²) in [6, 6.07) is 12.6. The van der Waals surface area contributed by atoms with E-state index in [2.05, 4.69) is 16.0 Å². The Morgan fingerprint density at radius 1 is 1.27 bits per heavy atom. The van der Waals surface area contributed by atoms with E-state index >= 15 is 0 Å². The van der Waals surface area contributed by atoms with Crippen LogP contribution in [-0.2, 0) is 11.3 Å². The van der Waals surface area contributed by atoms with Gasteiger partial charge in [0.05, 0.1) is 25.2 Å². The van der Waals surface area contributed by atoms with Crippen LogP contribution in [0.2, 0.25) is 0 Å². The number of hydrogen-bond acceptors (Lipinski definition) is 8. The first kappa shape index (κ1) is 19.4. The summed E-state index contributed by atoms with van der Waals surface area (Å²) >= 11 is 1.45. The maximum absolute atomic E-state index is 11.6. The number of benzene rings is 1. The second kappa shape index (κ2) is 8.59. The lowest BCUT2D eigenvalue weighted by Gasteiger charge is -2.12. The quantitative estimate of drug-likeness (QED) is 0.419. The number of pyridine rings is 1. The van der Waals surface area contributed by atoms with Gasteiger partial charge in [-0.25, -0.2) is 14.8 Å². The maximum Gasteiger partial charge on any atom is 0.337 e. The molecule has 4 aromatic rings. The van der Waals surface area contributed by atoms with Gasteiger partial charge in [0, 0.05) is 22.7 Å². The summed E-state index contributed by atoms with van der Waals surface area (Å²) in [6.07, 6.45) is 4.81. The molecule has 0 bridgehead atoms. The number of ether oxygens (including phenoxy) is 2. The molecule has 7 nitrogen and oxygen atoms in total. The van der Waals surface area contributed by atoms with Crippen molar-refractivity contribution in [1.82, 2.24) is 9.97 Å². The second-order valence-electron chi connectivity index (χ2n) is 6.17. The monoisotopic (exact) mass is 417 g/mol. The summed E-state index contributed by atoms with van der Waals surface area (Å²) in [4.78, 5) is 20.4. The topological polar surface area (TPSA) is 98.2 Å². The van der Waals surface area contributed by atoms with Gasteiger partial charge >= 0.3 is 5.97 Å². The van der Waals surface area contributed by atoms with Gasteiger partial charge in [-0.1, -0.05) is 12.1 Å². The van der Waals surface area contributed by atoms with Gasteiger partial charge in [0.25, 0.3) is 0 Å². The summed E-state index contributed by atoms with van der Waals surface area (Å²) in [5.74, 6) is -0.199. The van der Waals surface area contributed by atoms with Gasteiger partial charge in [-0.15, -0.1) is 11.3 Å². The fraction of sp³-hybridized carbons (Fsp3) is 0.0909. The molecular formula is C22H15N3O4S. The Labute approximate surface area is 176 Å². The van der Waals surface area contributed by atoms with Gasteiger partial charge in [0.1, 0.15) is 28.9 Å². The molecule has 0 aliphatic rings. The number of methoxy groups -OCH3 is 1. The van der Waals surface area contributed by atoms with Gasteiger partial charge in [-0.05, 0) is 29.8 Å². The molecule has 3 heterocycles. The lowest BCUT2D eigenvalue weighted by molar-refractivity contribution is 0.0600. The largest absolute Gasteiger partial charge is 0.472 e. The highest BCUT2D eigenvalue weighted by Gasteiger charge is 2.18. The van der Waals surface area contributed by atoms with Gasteiger partial charge < -0.3 is 13.9 Å². The first-order valence-electron chi connectivity index (χ1n) is 8.87. The predicted octanol–water partition coefficient (Wildman–Crippen LogP) is 4.70. The molecule has 4 rings (SSSR count). The molecule has 0 unspecified atom stereocenters. The van der Waals surface area contributed by atoms with E-state index in [4.69, 9.17) is 13.9 Å². The molecule has 0 fully saturated rings. The molecule has 0 saturated heterocycles. The molecule has 0 aliphatic carbocycles. The fourth-order valence-corrected chi connectivity index (χ4v) is 3.44. The maximum atomic E-state index is 11.6. The Hall–Kier alpha value is -3.96. The van der Waals surface area contributed by atoms with Crippen molar-refractivity contribution in [2.24, 2.45) is 0 Å². The van der Waals surface area contributed by atoms with Gasteiger partial charge in [0.2, 0.25) is 5.88 Å². The fourth-order valence-electron chi connectivity index (χ4n) is 2.85. The predicted molar refractivity (Wildman–Crippen MR) is 110 cm³/mol. The van der Waals surface area contributed by atoms with Crippen molar-refractivity contribution in [3.05, 3.63) is 77.2 Å². The second-order valence-corrected chi connectivity index (χ2v) is 7.07. The van der Waals surface area contributed by atoms with E-state index < -0.39 is 5.97 Å². The minimum Gasteiger partial charge on any atom is -0.472 e. The third kappa shape index (κ3) is 3.92. The number of thiazole rings is 1. The molecule has 0 saturated carbocycles. The molecule has 30 heavy (non-hydrogen) atoms. The average Bonchev–Trinajstić information content (AvgIpc) is 3.51. The first-order valence-corrected chi connectivity index (χ1v) is 9.75. The zero-order valence-corrected chi connectivity index (χ0v) is 16.7. The van der Waals surface area contributed by atoms with Crippen LogP contribution in [-0.4, -0.2) is 23.0 Å². The Kier molecular flexibility index (Phi) is 5.54. The van der Waals surface area contributed by atoms with Crippen LogP contribution in [0.5, 0.6) is 5.88 Å². The van der Waals surface area contributed by atoms with Crippen molar-refractivity contribution in [2.45, 2.75) is 6.61 Å². The standard InChI is InChI=1S/C22H15N3O4S/c1-27-22(26)15-4-2-14(3-5-15)12-29-20-18(11-23)17(16-6-8-28-13-16)10-19(25-20)21-24-7-9-30-21/h2-10,13H,12H2,1H3. The zero-order chi connectivity index (χ0) is 20.9. The van der Waals surface area contributed by atoms with Crippen molar-refractivity contribution in [2.75, 3.05) is 7.11 Å². The number of esters is 1. The van der Waals surface area contributed by atoms with Gasteiger partial charge in [0.15, 0.2) is 0 Å².